The molecule has 1 aliphatic carbocycles. The zero-order valence-electron chi connectivity index (χ0n) is 13.9. The number of benzene rings is 1. The Morgan fingerprint density at radius 2 is 1.88 bits per heavy atom. The van der Waals surface area contributed by atoms with Crippen LogP contribution < -0.4 is 10.9 Å². The van der Waals surface area contributed by atoms with Crippen LogP contribution in [0.1, 0.15) is 24.3 Å². The summed E-state index contributed by atoms with van der Waals surface area (Å²) < 4.78 is 10.5. The van der Waals surface area contributed by atoms with Gasteiger partial charge in [0.05, 0.1) is 6.61 Å². The monoisotopic (exact) mass is 363 g/mol. The molecule has 8 nitrogen and oxygen atoms in total. The number of ether oxygens (including phenoxy) is 1. The van der Waals surface area contributed by atoms with Crippen molar-refractivity contribution in [2.75, 3.05) is 11.9 Å². The molecular weight excluding hydrogens is 342 g/mol. The lowest BCUT2D eigenvalue weighted by atomic mass is 9.97. The Morgan fingerprint density at radius 1 is 1.12 bits per heavy atom. The maximum Gasteiger partial charge on any atom is 0.339 e. The molecule has 8 heteroatoms. The third-order valence-electron chi connectivity index (χ3n) is 5.01. The molecule has 4 unspecified atom stereocenters. The lowest BCUT2D eigenvalue weighted by Crippen LogP contribution is -2.61. The van der Waals surface area contributed by atoms with Gasteiger partial charge in [-0.25, -0.2) is 4.79 Å². The number of anilines is 1. The second kappa shape index (κ2) is 6.64. The van der Waals surface area contributed by atoms with Crippen LogP contribution in [0.25, 0.3) is 11.0 Å². The van der Waals surface area contributed by atoms with Crippen LogP contribution in [0, 0.1) is 0 Å². The second-order valence-corrected chi connectivity index (χ2v) is 6.92. The molecule has 2 aliphatic rings. The van der Waals surface area contributed by atoms with Gasteiger partial charge in [-0.1, -0.05) is 0 Å². The lowest BCUT2D eigenvalue weighted by molar-refractivity contribution is -0.245. The van der Waals surface area contributed by atoms with Gasteiger partial charge in [0.1, 0.15) is 29.9 Å². The fourth-order valence-corrected chi connectivity index (χ4v) is 3.34. The van der Waals surface area contributed by atoms with Crippen molar-refractivity contribution >= 4 is 16.7 Å². The average Bonchev–Trinajstić information content (AvgIpc) is 3.46. The molecule has 1 aliphatic heterocycles. The molecule has 1 aromatic heterocycles. The van der Waals surface area contributed by atoms with Gasteiger partial charge in [0.2, 0.25) is 0 Å². The number of aliphatic hydroxyl groups excluding tert-OH is 4. The molecule has 2 aromatic rings. The predicted octanol–water partition coefficient (Wildman–Crippen LogP) is -0.118. The largest absolute Gasteiger partial charge is 0.422 e. The number of rotatable bonds is 4. The summed E-state index contributed by atoms with van der Waals surface area (Å²) in [6.45, 7) is -0.521. The number of hydrogen-bond donors (Lipinski definition) is 5. The van der Waals surface area contributed by atoms with E-state index in [1.165, 1.54) is 0 Å². The highest BCUT2D eigenvalue weighted by Crippen LogP contribution is 2.39. The molecule has 1 aromatic carbocycles. The summed E-state index contributed by atoms with van der Waals surface area (Å²) in [6, 6.07) is 5.93. The van der Waals surface area contributed by atoms with Crippen molar-refractivity contribution in [3.05, 3.63) is 40.2 Å². The SMILES string of the molecule is O=c1oc2cc(NC3C(O)OC(CO)[C@@H](O)C3O)ccc2cc1C1CC1. The maximum atomic E-state index is 12.1. The van der Waals surface area contributed by atoms with Crippen LogP contribution in [-0.2, 0) is 4.74 Å². The summed E-state index contributed by atoms with van der Waals surface area (Å²) in [5.41, 5.74) is 1.22. The Kier molecular flexibility index (Phi) is 4.45. The van der Waals surface area contributed by atoms with Gasteiger partial charge in [0, 0.05) is 22.7 Å². The van der Waals surface area contributed by atoms with E-state index in [4.69, 9.17) is 14.3 Å². The van der Waals surface area contributed by atoms with Gasteiger partial charge in [-0.2, -0.15) is 0 Å². The summed E-state index contributed by atoms with van der Waals surface area (Å²) in [5, 5.41) is 43.0. The minimum Gasteiger partial charge on any atom is -0.422 e. The Bertz CT molecular complexity index is 862. The molecule has 5 N–H and O–H groups in total. The predicted molar refractivity (Wildman–Crippen MR) is 91.8 cm³/mol. The molecule has 2 fully saturated rings. The summed E-state index contributed by atoms with van der Waals surface area (Å²) in [4.78, 5) is 12.1. The summed E-state index contributed by atoms with van der Waals surface area (Å²) in [5.74, 6) is 0.291. The standard InChI is InChI=1S/C18H21NO7/c20-7-13-15(21)16(22)14(18(24)26-13)19-10-4-3-9-5-11(8-1-2-8)17(23)25-12(9)6-10/h3-6,8,13-16,18-22,24H,1-2,7H2/t13?,14?,15-,16?,18?/m1/s1. The Labute approximate surface area is 148 Å². The number of fused-ring (bicyclic) bond motifs is 1. The van der Waals surface area contributed by atoms with Crippen molar-refractivity contribution in [1.82, 2.24) is 0 Å². The zero-order chi connectivity index (χ0) is 18.4. The summed E-state index contributed by atoms with van der Waals surface area (Å²) >= 11 is 0. The third kappa shape index (κ3) is 3.10. The zero-order valence-corrected chi connectivity index (χ0v) is 13.9. The molecule has 5 atom stereocenters. The van der Waals surface area contributed by atoms with Crippen LogP contribution >= 0.6 is 0 Å². The third-order valence-corrected chi connectivity index (χ3v) is 5.01. The minimum absolute atomic E-state index is 0.291. The van der Waals surface area contributed by atoms with Gasteiger partial charge in [-0.3, -0.25) is 0 Å². The average molecular weight is 363 g/mol. The smallest absolute Gasteiger partial charge is 0.339 e. The Hall–Kier alpha value is -1.97. The summed E-state index contributed by atoms with van der Waals surface area (Å²) in [6.07, 6.45) is -3.18. The van der Waals surface area contributed by atoms with Crippen LogP contribution in [0.4, 0.5) is 5.69 Å². The first-order valence-electron chi connectivity index (χ1n) is 8.63. The van der Waals surface area contributed by atoms with E-state index in [0.717, 1.165) is 18.2 Å². The highest BCUT2D eigenvalue weighted by Gasteiger charge is 2.43. The number of aliphatic hydroxyl groups is 4. The van der Waals surface area contributed by atoms with Gasteiger partial charge >= 0.3 is 5.63 Å². The van der Waals surface area contributed by atoms with Crippen molar-refractivity contribution in [2.24, 2.45) is 0 Å². The number of hydrogen-bond acceptors (Lipinski definition) is 8. The van der Waals surface area contributed by atoms with Gasteiger partial charge in [-0.05, 0) is 37.0 Å². The first-order valence-corrected chi connectivity index (χ1v) is 8.63. The van der Waals surface area contributed by atoms with Crippen molar-refractivity contribution in [2.45, 2.75) is 49.4 Å². The van der Waals surface area contributed by atoms with Crippen molar-refractivity contribution < 1.29 is 29.6 Å². The summed E-state index contributed by atoms with van der Waals surface area (Å²) in [7, 11) is 0. The maximum absolute atomic E-state index is 12.1. The van der Waals surface area contributed by atoms with E-state index >= 15 is 0 Å². The van der Waals surface area contributed by atoms with Crippen LogP contribution in [0.2, 0.25) is 0 Å². The van der Waals surface area contributed by atoms with E-state index in [9.17, 15) is 20.1 Å². The quantitative estimate of drug-likeness (QED) is 0.475. The molecule has 2 heterocycles. The van der Waals surface area contributed by atoms with Gasteiger partial charge in [0.25, 0.3) is 0 Å². The van der Waals surface area contributed by atoms with E-state index in [1.54, 1.807) is 18.2 Å². The molecular formula is C18H21NO7. The normalized spacial score (nSPS) is 31.9. The molecule has 0 spiro atoms. The van der Waals surface area contributed by atoms with Crippen molar-refractivity contribution in [3.63, 3.8) is 0 Å². The molecule has 0 radical (unpaired) electrons. The van der Waals surface area contributed by atoms with E-state index in [1.807, 2.05) is 6.07 Å². The first-order chi connectivity index (χ1) is 12.5. The van der Waals surface area contributed by atoms with Crippen LogP contribution in [0.15, 0.2) is 33.5 Å². The van der Waals surface area contributed by atoms with Gasteiger partial charge in [-0.15, -0.1) is 0 Å². The molecule has 4 rings (SSSR count). The van der Waals surface area contributed by atoms with E-state index in [-0.39, 0.29) is 5.63 Å². The topological polar surface area (TPSA) is 132 Å². The molecule has 0 bridgehead atoms. The minimum atomic E-state index is -1.43. The first kappa shape index (κ1) is 17.4. The highest BCUT2D eigenvalue weighted by atomic mass is 16.6. The van der Waals surface area contributed by atoms with Crippen LogP contribution in [0.5, 0.6) is 0 Å². The Balaban J connectivity index is 1.59. The fourth-order valence-electron chi connectivity index (χ4n) is 3.34. The molecule has 26 heavy (non-hydrogen) atoms. The lowest BCUT2D eigenvalue weighted by Gasteiger charge is -2.40. The van der Waals surface area contributed by atoms with Crippen molar-refractivity contribution in [3.8, 4) is 0 Å². The van der Waals surface area contributed by atoms with E-state index in [0.29, 0.717) is 22.8 Å². The van der Waals surface area contributed by atoms with Crippen LogP contribution in [-0.4, -0.2) is 57.7 Å². The highest BCUT2D eigenvalue weighted by molar-refractivity contribution is 5.81. The molecule has 0 amide bonds. The Morgan fingerprint density at radius 3 is 2.58 bits per heavy atom. The van der Waals surface area contributed by atoms with Crippen LogP contribution in [0.3, 0.4) is 0 Å². The van der Waals surface area contributed by atoms with E-state index in [2.05, 4.69) is 5.32 Å². The van der Waals surface area contributed by atoms with Gasteiger partial charge in [0.15, 0.2) is 6.29 Å². The molecule has 1 saturated carbocycles. The number of nitrogens with one attached hydrogen (secondary N) is 1. The van der Waals surface area contributed by atoms with Crippen molar-refractivity contribution in [1.29, 1.82) is 0 Å². The molecule has 1 saturated heterocycles. The van der Waals surface area contributed by atoms with E-state index < -0.39 is 37.3 Å². The molecule has 140 valence electrons. The second-order valence-electron chi connectivity index (χ2n) is 6.92. The van der Waals surface area contributed by atoms with Gasteiger partial charge < -0.3 is 34.9 Å². The fraction of sp³-hybridized carbons (Fsp3) is 0.500.